The molecule has 154 valence electrons. The molecule has 2 aromatic rings. The third kappa shape index (κ3) is 6.13. The van der Waals surface area contributed by atoms with Gasteiger partial charge in [0.2, 0.25) is 0 Å². The lowest BCUT2D eigenvalue weighted by Crippen LogP contribution is -2.29. The second-order valence-electron chi connectivity index (χ2n) is 6.04. The van der Waals surface area contributed by atoms with E-state index in [0.717, 1.165) is 0 Å². The van der Waals surface area contributed by atoms with Crippen LogP contribution in [0.3, 0.4) is 0 Å². The van der Waals surface area contributed by atoms with Crippen LogP contribution in [0.25, 0.3) is 0 Å². The summed E-state index contributed by atoms with van der Waals surface area (Å²) >= 11 is 0. The third-order valence-corrected chi connectivity index (χ3v) is 3.98. The second-order valence-corrected chi connectivity index (χ2v) is 6.04. The largest absolute Gasteiger partial charge is 0.491 e. The Morgan fingerprint density at radius 2 is 1.69 bits per heavy atom. The quantitative estimate of drug-likeness (QED) is 0.300. The van der Waals surface area contributed by atoms with Crippen LogP contribution in [0.4, 0.5) is 17.6 Å². The Bertz CT molecular complexity index is 894. The Balaban J connectivity index is 2.03. The summed E-state index contributed by atoms with van der Waals surface area (Å²) in [7, 11) is 0. The summed E-state index contributed by atoms with van der Waals surface area (Å²) in [5.74, 6) is -4.89. The van der Waals surface area contributed by atoms with Gasteiger partial charge in [0.1, 0.15) is 5.75 Å². The molecule has 0 spiro atoms. The number of ether oxygens (including phenoxy) is 2. The van der Waals surface area contributed by atoms with Crippen LogP contribution >= 0.6 is 0 Å². The van der Waals surface area contributed by atoms with E-state index in [9.17, 15) is 27.2 Å². The topological polar surface area (TPSA) is 76.5 Å². The molecule has 0 aliphatic heterocycles. The predicted octanol–water partition coefficient (Wildman–Crippen LogP) is 5.03. The van der Waals surface area contributed by atoms with Gasteiger partial charge in [-0.15, -0.1) is 0 Å². The lowest BCUT2D eigenvalue weighted by Gasteiger charge is -2.16. The number of hydrogen-bond donors (Lipinski definition) is 1. The Hall–Kier alpha value is -3.23. The average Bonchev–Trinajstić information content (AvgIpc) is 2.67. The molecule has 9 heteroatoms. The van der Waals surface area contributed by atoms with Crippen molar-refractivity contribution in [2.24, 2.45) is 5.92 Å². The van der Waals surface area contributed by atoms with E-state index >= 15 is 0 Å². The van der Waals surface area contributed by atoms with Gasteiger partial charge in [-0.25, -0.2) is 9.18 Å². The number of carbonyl (C=O) groups excluding carboxylic acids is 2. The fourth-order valence-corrected chi connectivity index (χ4v) is 2.45. The molecule has 2 rings (SSSR count). The molecule has 0 heterocycles. The van der Waals surface area contributed by atoms with Crippen molar-refractivity contribution in [1.82, 2.24) is 0 Å². The highest BCUT2D eigenvalue weighted by Gasteiger charge is 2.42. The van der Waals surface area contributed by atoms with Crippen molar-refractivity contribution < 1.29 is 36.6 Å². The minimum absolute atomic E-state index is 0.0126. The SMILES string of the molecule is CC[C@@H](CC(=O)OC(=O)C(F)(F)F)C(=N)c1ccc(Oc2ccccc2F)cc1. The van der Waals surface area contributed by atoms with Gasteiger partial charge in [0.25, 0.3) is 0 Å². The molecule has 0 saturated heterocycles. The summed E-state index contributed by atoms with van der Waals surface area (Å²) < 4.78 is 59.3. The molecular formula is C20H17F4NO4. The van der Waals surface area contributed by atoms with Crippen molar-refractivity contribution in [1.29, 1.82) is 5.41 Å². The van der Waals surface area contributed by atoms with Gasteiger partial charge in [0.15, 0.2) is 11.6 Å². The molecule has 0 bridgehead atoms. The Kier molecular flexibility index (Phi) is 7.08. The number of carbonyl (C=O) groups is 2. The molecule has 0 unspecified atom stereocenters. The zero-order valence-electron chi connectivity index (χ0n) is 15.3. The molecule has 2 aromatic carbocycles. The van der Waals surface area contributed by atoms with Crippen LogP contribution in [0.15, 0.2) is 48.5 Å². The number of esters is 2. The van der Waals surface area contributed by atoms with Crippen molar-refractivity contribution in [2.75, 3.05) is 0 Å². The number of para-hydroxylation sites is 1. The monoisotopic (exact) mass is 411 g/mol. The molecule has 0 radical (unpaired) electrons. The van der Waals surface area contributed by atoms with Crippen LogP contribution in [0, 0.1) is 17.1 Å². The van der Waals surface area contributed by atoms with Gasteiger partial charge < -0.3 is 14.9 Å². The van der Waals surface area contributed by atoms with Crippen LogP contribution in [0.5, 0.6) is 11.5 Å². The first kappa shape index (κ1) is 22.1. The van der Waals surface area contributed by atoms with Crippen LogP contribution in [-0.4, -0.2) is 23.8 Å². The number of nitrogens with one attached hydrogen (secondary N) is 1. The molecule has 0 aliphatic rings. The highest BCUT2D eigenvalue weighted by atomic mass is 19.4. The average molecular weight is 411 g/mol. The number of hydrogen-bond acceptors (Lipinski definition) is 5. The van der Waals surface area contributed by atoms with Gasteiger partial charge in [0, 0.05) is 11.6 Å². The van der Waals surface area contributed by atoms with E-state index in [0.29, 0.717) is 11.3 Å². The van der Waals surface area contributed by atoms with E-state index in [1.165, 1.54) is 42.5 Å². The van der Waals surface area contributed by atoms with Crippen LogP contribution in [-0.2, 0) is 14.3 Å². The molecule has 29 heavy (non-hydrogen) atoms. The van der Waals surface area contributed by atoms with Crippen LogP contribution in [0.2, 0.25) is 0 Å². The normalized spacial score (nSPS) is 12.2. The minimum Gasteiger partial charge on any atom is -0.454 e. The number of alkyl halides is 3. The molecule has 0 aromatic heterocycles. The molecule has 0 amide bonds. The maximum atomic E-state index is 13.6. The van der Waals surface area contributed by atoms with Crippen molar-refractivity contribution in [3.63, 3.8) is 0 Å². The summed E-state index contributed by atoms with van der Waals surface area (Å²) in [5.41, 5.74) is 0.383. The first-order valence-electron chi connectivity index (χ1n) is 8.55. The zero-order valence-corrected chi connectivity index (χ0v) is 15.3. The van der Waals surface area contributed by atoms with Gasteiger partial charge in [-0.3, -0.25) is 4.79 Å². The summed E-state index contributed by atoms with van der Waals surface area (Å²) in [4.78, 5) is 22.3. The Morgan fingerprint density at radius 1 is 1.07 bits per heavy atom. The van der Waals surface area contributed by atoms with Crippen LogP contribution in [0.1, 0.15) is 25.3 Å². The highest BCUT2D eigenvalue weighted by Crippen LogP contribution is 2.26. The van der Waals surface area contributed by atoms with Gasteiger partial charge in [0.05, 0.1) is 6.42 Å². The number of rotatable bonds is 7. The lowest BCUT2D eigenvalue weighted by molar-refractivity contribution is -0.202. The predicted molar refractivity (Wildman–Crippen MR) is 95.3 cm³/mol. The van der Waals surface area contributed by atoms with E-state index in [4.69, 9.17) is 10.1 Å². The van der Waals surface area contributed by atoms with E-state index in [1.54, 1.807) is 13.0 Å². The van der Waals surface area contributed by atoms with Crippen molar-refractivity contribution in [2.45, 2.75) is 25.9 Å². The zero-order chi connectivity index (χ0) is 21.6. The number of benzene rings is 2. The van der Waals surface area contributed by atoms with Gasteiger partial charge in [-0.05, 0) is 48.4 Å². The summed E-state index contributed by atoms with van der Waals surface area (Å²) in [6.45, 7) is 1.65. The molecule has 5 nitrogen and oxygen atoms in total. The highest BCUT2D eigenvalue weighted by molar-refractivity contribution is 6.02. The van der Waals surface area contributed by atoms with E-state index in [-0.39, 0.29) is 17.9 Å². The molecule has 1 N–H and O–H groups in total. The lowest BCUT2D eigenvalue weighted by atomic mass is 9.91. The smallest absolute Gasteiger partial charge is 0.454 e. The molecule has 1 atom stereocenters. The fourth-order valence-electron chi connectivity index (χ4n) is 2.45. The first-order chi connectivity index (χ1) is 13.6. The molecule has 0 saturated carbocycles. The van der Waals surface area contributed by atoms with Crippen molar-refractivity contribution in [3.8, 4) is 11.5 Å². The summed E-state index contributed by atoms with van der Waals surface area (Å²) in [5, 5.41) is 8.20. The third-order valence-electron chi connectivity index (χ3n) is 3.98. The van der Waals surface area contributed by atoms with E-state index in [2.05, 4.69) is 4.74 Å². The fraction of sp³-hybridized carbons (Fsp3) is 0.250. The minimum atomic E-state index is -5.26. The van der Waals surface area contributed by atoms with Crippen molar-refractivity contribution >= 4 is 17.7 Å². The first-order valence-corrected chi connectivity index (χ1v) is 8.55. The number of halogens is 4. The Morgan fingerprint density at radius 3 is 2.24 bits per heavy atom. The van der Waals surface area contributed by atoms with E-state index in [1.807, 2.05) is 0 Å². The molecule has 0 fully saturated rings. The maximum absolute atomic E-state index is 13.6. The second kappa shape index (κ2) is 9.31. The van der Waals surface area contributed by atoms with Crippen molar-refractivity contribution in [3.05, 3.63) is 59.9 Å². The molecular weight excluding hydrogens is 394 g/mol. The van der Waals surface area contributed by atoms with Crippen LogP contribution < -0.4 is 4.74 Å². The maximum Gasteiger partial charge on any atom is 0.491 e. The van der Waals surface area contributed by atoms with Gasteiger partial charge in [-0.1, -0.05) is 19.1 Å². The van der Waals surface area contributed by atoms with Gasteiger partial charge in [-0.2, -0.15) is 13.2 Å². The summed E-state index contributed by atoms with van der Waals surface area (Å²) in [6, 6.07) is 11.8. The Labute approximate surface area is 163 Å². The van der Waals surface area contributed by atoms with Gasteiger partial charge >= 0.3 is 18.1 Å². The molecule has 0 aliphatic carbocycles. The standard InChI is InChI=1S/C20H17F4NO4/c1-2-12(11-17(26)29-19(27)20(22,23)24)18(25)13-7-9-14(10-8-13)28-16-6-4-3-5-15(16)21/h3-10,12,25H,2,11H2,1H3/t12-/m0/s1. The van der Waals surface area contributed by atoms with E-state index < -0.39 is 36.3 Å². The summed E-state index contributed by atoms with van der Waals surface area (Å²) in [6.07, 6.45) is -5.55.